The van der Waals surface area contributed by atoms with Gasteiger partial charge in [0.15, 0.2) is 0 Å². The van der Waals surface area contributed by atoms with E-state index in [0.29, 0.717) is 23.3 Å². The topological polar surface area (TPSA) is 75.6 Å². The molecule has 0 bridgehead atoms. The molecule has 3 aromatic rings. The van der Waals surface area contributed by atoms with Crippen LogP contribution in [0.25, 0.3) is 11.0 Å². The molecule has 4 rings (SSSR count). The van der Waals surface area contributed by atoms with Crippen LogP contribution >= 0.6 is 0 Å². The number of carbonyl (C=O) groups excluding carboxylic acids is 1. The molecule has 3 aromatic heterocycles. The van der Waals surface area contributed by atoms with Crippen LogP contribution in [-0.2, 0) is 12.7 Å². The van der Waals surface area contributed by atoms with Gasteiger partial charge in [-0.15, -0.1) is 0 Å². The van der Waals surface area contributed by atoms with Gasteiger partial charge in [0, 0.05) is 24.3 Å². The van der Waals surface area contributed by atoms with Gasteiger partial charge in [-0.1, -0.05) is 19.3 Å². The van der Waals surface area contributed by atoms with E-state index in [9.17, 15) is 18.0 Å². The lowest BCUT2D eigenvalue weighted by molar-refractivity contribution is -0.138. The molecular formula is C19H20F3N5O. The molecule has 9 heteroatoms. The number of rotatable bonds is 4. The zero-order valence-corrected chi connectivity index (χ0v) is 15.1. The molecular weight excluding hydrogens is 371 g/mol. The highest BCUT2D eigenvalue weighted by atomic mass is 19.4. The molecule has 1 aliphatic rings. The second-order valence-corrected chi connectivity index (χ2v) is 7.15. The van der Waals surface area contributed by atoms with Gasteiger partial charge in [-0.25, -0.2) is 4.98 Å². The summed E-state index contributed by atoms with van der Waals surface area (Å²) in [5.74, 6) is -0.594. The standard InChI is InChI=1S/C19H20F3N5O/c20-19(21,22)14-9-25-27(11-12-5-2-1-3-6-12)16(14)18(28)26-15-10-24-17-13(15)7-4-8-23-17/h4,7-10,12H,1-3,5-6,11H2,(H,23,24)(H,26,28). The number of amides is 1. The Hall–Kier alpha value is -2.84. The largest absolute Gasteiger partial charge is 0.420 e. The summed E-state index contributed by atoms with van der Waals surface area (Å²) in [6.45, 7) is 0.314. The van der Waals surface area contributed by atoms with E-state index in [1.54, 1.807) is 18.3 Å². The number of hydrogen-bond acceptors (Lipinski definition) is 3. The number of aromatic nitrogens is 4. The first-order valence-corrected chi connectivity index (χ1v) is 9.30. The lowest BCUT2D eigenvalue weighted by Gasteiger charge is -2.22. The third-order valence-corrected chi connectivity index (χ3v) is 5.22. The van der Waals surface area contributed by atoms with Crippen molar-refractivity contribution in [3.05, 3.63) is 42.0 Å². The van der Waals surface area contributed by atoms with Gasteiger partial charge < -0.3 is 10.3 Å². The smallest absolute Gasteiger partial charge is 0.344 e. The minimum Gasteiger partial charge on any atom is -0.344 e. The minimum absolute atomic E-state index is 0.235. The molecule has 0 unspecified atom stereocenters. The molecule has 3 heterocycles. The average molecular weight is 391 g/mol. The molecule has 1 amide bonds. The van der Waals surface area contributed by atoms with Gasteiger partial charge in [0.2, 0.25) is 0 Å². The average Bonchev–Trinajstić information content (AvgIpc) is 3.27. The fourth-order valence-corrected chi connectivity index (χ4v) is 3.83. The summed E-state index contributed by atoms with van der Waals surface area (Å²) in [5, 5.41) is 7.12. The number of aromatic amines is 1. The molecule has 0 saturated heterocycles. The van der Waals surface area contributed by atoms with Crippen molar-refractivity contribution in [1.29, 1.82) is 0 Å². The van der Waals surface area contributed by atoms with E-state index in [1.165, 1.54) is 10.9 Å². The normalized spacial score (nSPS) is 15.8. The number of nitrogens with one attached hydrogen (secondary N) is 2. The Labute approximate surface area is 159 Å². The van der Waals surface area contributed by atoms with Crippen molar-refractivity contribution >= 4 is 22.6 Å². The molecule has 148 valence electrons. The van der Waals surface area contributed by atoms with Crippen LogP contribution in [-0.4, -0.2) is 25.7 Å². The van der Waals surface area contributed by atoms with Crippen molar-refractivity contribution in [1.82, 2.24) is 19.7 Å². The Balaban J connectivity index is 1.65. The van der Waals surface area contributed by atoms with Crippen LogP contribution in [0.3, 0.4) is 0 Å². The molecule has 0 spiro atoms. The highest BCUT2D eigenvalue weighted by Gasteiger charge is 2.39. The monoisotopic (exact) mass is 391 g/mol. The van der Waals surface area contributed by atoms with Crippen molar-refractivity contribution in [3.8, 4) is 0 Å². The van der Waals surface area contributed by atoms with Gasteiger partial charge in [0.25, 0.3) is 5.91 Å². The maximum Gasteiger partial charge on any atom is 0.420 e. The van der Waals surface area contributed by atoms with Crippen LogP contribution in [0.2, 0.25) is 0 Å². The van der Waals surface area contributed by atoms with Crippen LogP contribution < -0.4 is 5.32 Å². The molecule has 1 fully saturated rings. The summed E-state index contributed by atoms with van der Waals surface area (Å²) < 4.78 is 41.7. The summed E-state index contributed by atoms with van der Waals surface area (Å²) in [6.07, 6.45) is 4.34. The summed E-state index contributed by atoms with van der Waals surface area (Å²) in [6, 6.07) is 3.43. The number of carbonyl (C=O) groups is 1. The Morgan fingerprint density at radius 2 is 2.07 bits per heavy atom. The molecule has 0 radical (unpaired) electrons. The fraction of sp³-hybridized carbons (Fsp3) is 0.421. The Morgan fingerprint density at radius 1 is 1.29 bits per heavy atom. The first-order chi connectivity index (χ1) is 13.4. The van der Waals surface area contributed by atoms with E-state index in [1.807, 2.05) is 0 Å². The lowest BCUT2D eigenvalue weighted by atomic mass is 9.89. The lowest BCUT2D eigenvalue weighted by Crippen LogP contribution is -2.24. The molecule has 0 aliphatic heterocycles. The van der Waals surface area contributed by atoms with Gasteiger partial charge in [0.1, 0.15) is 16.9 Å². The first-order valence-electron chi connectivity index (χ1n) is 9.30. The summed E-state index contributed by atoms with van der Waals surface area (Å²) in [4.78, 5) is 19.9. The van der Waals surface area contributed by atoms with Gasteiger partial charge in [-0.05, 0) is 30.9 Å². The van der Waals surface area contributed by atoms with Crippen LogP contribution in [0, 0.1) is 5.92 Å². The number of fused-ring (bicyclic) bond motifs is 1. The Morgan fingerprint density at radius 3 is 2.82 bits per heavy atom. The van der Waals surface area contributed by atoms with Gasteiger partial charge in [-0.3, -0.25) is 9.48 Å². The molecule has 0 atom stereocenters. The molecule has 2 N–H and O–H groups in total. The molecule has 28 heavy (non-hydrogen) atoms. The highest BCUT2D eigenvalue weighted by molar-refractivity contribution is 6.08. The number of nitrogens with zero attached hydrogens (tertiary/aromatic N) is 3. The Bertz CT molecular complexity index is 985. The maximum absolute atomic E-state index is 13.5. The molecule has 0 aromatic carbocycles. The number of alkyl halides is 3. The predicted octanol–water partition coefficient (Wildman–Crippen LogP) is 4.61. The predicted molar refractivity (Wildman–Crippen MR) is 97.9 cm³/mol. The van der Waals surface area contributed by atoms with Crippen LogP contribution in [0.15, 0.2) is 30.7 Å². The number of halogens is 3. The van der Waals surface area contributed by atoms with Gasteiger partial charge in [0.05, 0.1) is 11.9 Å². The molecule has 6 nitrogen and oxygen atoms in total. The number of anilines is 1. The van der Waals surface area contributed by atoms with Crippen molar-refractivity contribution in [2.45, 2.75) is 44.8 Å². The summed E-state index contributed by atoms with van der Waals surface area (Å²) in [5.41, 5.74) is -0.536. The summed E-state index contributed by atoms with van der Waals surface area (Å²) >= 11 is 0. The third kappa shape index (κ3) is 3.61. The van der Waals surface area contributed by atoms with E-state index < -0.39 is 23.3 Å². The zero-order valence-electron chi connectivity index (χ0n) is 15.1. The quantitative estimate of drug-likeness (QED) is 0.682. The highest BCUT2D eigenvalue weighted by Crippen LogP contribution is 2.34. The van der Waals surface area contributed by atoms with E-state index in [4.69, 9.17) is 0 Å². The fourth-order valence-electron chi connectivity index (χ4n) is 3.83. The van der Waals surface area contributed by atoms with Crippen molar-refractivity contribution < 1.29 is 18.0 Å². The van der Waals surface area contributed by atoms with E-state index in [2.05, 4.69) is 20.4 Å². The summed E-state index contributed by atoms with van der Waals surface area (Å²) in [7, 11) is 0. The van der Waals surface area contributed by atoms with E-state index in [0.717, 1.165) is 38.3 Å². The van der Waals surface area contributed by atoms with Gasteiger partial charge >= 0.3 is 6.18 Å². The van der Waals surface area contributed by atoms with Crippen molar-refractivity contribution in [3.63, 3.8) is 0 Å². The van der Waals surface area contributed by atoms with E-state index >= 15 is 0 Å². The number of H-pyrrole nitrogens is 1. The number of hydrogen-bond donors (Lipinski definition) is 2. The zero-order chi connectivity index (χ0) is 19.7. The Kier molecular flexibility index (Phi) is 4.82. The second-order valence-electron chi connectivity index (χ2n) is 7.15. The van der Waals surface area contributed by atoms with Crippen LogP contribution in [0.4, 0.5) is 18.9 Å². The van der Waals surface area contributed by atoms with Crippen LogP contribution in [0.1, 0.15) is 48.2 Å². The van der Waals surface area contributed by atoms with Crippen molar-refractivity contribution in [2.24, 2.45) is 5.92 Å². The first kappa shape index (κ1) is 18.5. The third-order valence-electron chi connectivity index (χ3n) is 5.22. The SMILES string of the molecule is O=C(Nc1c[nH]c2ncccc12)c1c(C(F)(F)F)cnn1CC1CCCCC1. The number of pyridine rings is 1. The minimum atomic E-state index is -4.65. The second kappa shape index (κ2) is 7.29. The van der Waals surface area contributed by atoms with Crippen molar-refractivity contribution in [2.75, 3.05) is 5.32 Å². The maximum atomic E-state index is 13.5. The molecule has 1 saturated carbocycles. The van der Waals surface area contributed by atoms with E-state index in [-0.39, 0.29) is 5.92 Å². The van der Waals surface area contributed by atoms with Gasteiger partial charge in [-0.2, -0.15) is 18.3 Å². The van der Waals surface area contributed by atoms with Crippen LogP contribution in [0.5, 0.6) is 0 Å². The molecule has 1 aliphatic carbocycles.